The molecule has 0 aliphatic carbocycles. The van der Waals surface area contributed by atoms with Crippen molar-refractivity contribution >= 4 is 12.0 Å². The molecule has 0 aromatic heterocycles. The molecule has 1 heterocycles. The fourth-order valence-electron chi connectivity index (χ4n) is 2.84. The van der Waals surface area contributed by atoms with Crippen molar-refractivity contribution in [2.75, 3.05) is 18.0 Å². The highest BCUT2D eigenvalue weighted by molar-refractivity contribution is 5.76. The smallest absolute Gasteiger partial charge is 0.150 e. The zero-order valence-electron chi connectivity index (χ0n) is 11.9. The number of hydrogen-bond acceptors (Lipinski definition) is 2. The van der Waals surface area contributed by atoms with Gasteiger partial charge in [0.05, 0.1) is 5.69 Å². The standard InChI is InChI=1S/C16H22FNO/c1-16(2,3)13-6-8-18(9-7-13)15-5-4-12(11-19)10-14(15)17/h4-5,10-11,13H,6-9H2,1-3H3. The van der Waals surface area contributed by atoms with Gasteiger partial charge in [-0.2, -0.15) is 0 Å². The maximum Gasteiger partial charge on any atom is 0.150 e. The lowest BCUT2D eigenvalue weighted by atomic mass is 9.75. The van der Waals surface area contributed by atoms with Crippen molar-refractivity contribution < 1.29 is 9.18 Å². The van der Waals surface area contributed by atoms with E-state index in [1.165, 1.54) is 6.07 Å². The van der Waals surface area contributed by atoms with Crippen LogP contribution in [0.15, 0.2) is 18.2 Å². The minimum Gasteiger partial charge on any atom is -0.369 e. The first-order valence-corrected chi connectivity index (χ1v) is 6.91. The number of halogens is 1. The van der Waals surface area contributed by atoms with Crippen molar-refractivity contribution in [1.82, 2.24) is 0 Å². The van der Waals surface area contributed by atoms with Crippen LogP contribution in [0.3, 0.4) is 0 Å². The van der Waals surface area contributed by atoms with Gasteiger partial charge in [-0.05, 0) is 42.4 Å². The van der Waals surface area contributed by atoms with E-state index in [0.29, 0.717) is 28.9 Å². The van der Waals surface area contributed by atoms with Crippen LogP contribution in [0, 0.1) is 17.2 Å². The summed E-state index contributed by atoms with van der Waals surface area (Å²) in [5, 5.41) is 0. The molecule has 1 aliphatic heterocycles. The van der Waals surface area contributed by atoms with Crippen molar-refractivity contribution in [3.8, 4) is 0 Å². The summed E-state index contributed by atoms with van der Waals surface area (Å²) in [5.74, 6) is 0.403. The molecule has 0 atom stereocenters. The molecule has 0 radical (unpaired) electrons. The van der Waals surface area contributed by atoms with Crippen molar-refractivity contribution in [3.63, 3.8) is 0 Å². The average molecular weight is 263 g/mol. The van der Waals surface area contributed by atoms with Crippen LogP contribution in [0.2, 0.25) is 0 Å². The van der Waals surface area contributed by atoms with Gasteiger partial charge in [-0.25, -0.2) is 4.39 Å². The van der Waals surface area contributed by atoms with Gasteiger partial charge >= 0.3 is 0 Å². The van der Waals surface area contributed by atoms with E-state index in [1.807, 2.05) is 0 Å². The SMILES string of the molecule is CC(C)(C)C1CCN(c2ccc(C=O)cc2F)CC1. The lowest BCUT2D eigenvalue weighted by Crippen LogP contribution is -2.38. The first-order valence-electron chi connectivity index (χ1n) is 6.91. The summed E-state index contributed by atoms with van der Waals surface area (Å²) in [6.45, 7) is 8.59. The minimum atomic E-state index is -0.293. The van der Waals surface area contributed by atoms with Gasteiger partial charge < -0.3 is 4.90 Å². The van der Waals surface area contributed by atoms with Crippen LogP contribution in [-0.4, -0.2) is 19.4 Å². The Morgan fingerprint density at radius 3 is 2.37 bits per heavy atom. The van der Waals surface area contributed by atoms with Gasteiger partial charge in [-0.3, -0.25) is 4.79 Å². The molecule has 1 aromatic carbocycles. The summed E-state index contributed by atoms with van der Waals surface area (Å²) in [4.78, 5) is 12.7. The van der Waals surface area contributed by atoms with Crippen LogP contribution in [-0.2, 0) is 0 Å². The Bertz CT molecular complexity index is 456. The Balaban J connectivity index is 2.08. The summed E-state index contributed by atoms with van der Waals surface area (Å²) < 4.78 is 14.0. The molecule has 0 unspecified atom stereocenters. The fourth-order valence-corrected chi connectivity index (χ4v) is 2.84. The molecule has 19 heavy (non-hydrogen) atoms. The van der Waals surface area contributed by atoms with Crippen LogP contribution in [0.25, 0.3) is 0 Å². The second-order valence-corrected chi connectivity index (χ2v) is 6.46. The molecule has 3 heteroatoms. The highest BCUT2D eigenvalue weighted by atomic mass is 19.1. The third-order valence-corrected chi connectivity index (χ3v) is 4.17. The largest absolute Gasteiger partial charge is 0.369 e. The zero-order chi connectivity index (χ0) is 14.0. The zero-order valence-corrected chi connectivity index (χ0v) is 11.9. The van der Waals surface area contributed by atoms with Gasteiger partial charge in [-0.1, -0.05) is 20.8 Å². The fraction of sp³-hybridized carbons (Fsp3) is 0.562. The molecule has 1 aromatic rings. The number of carbonyl (C=O) groups excluding carboxylic acids is 1. The monoisotopic (exact) mass is 263 g/mol. The van der Waals surface area contributed by atoms with E-state index >= 15 is 0 Å². The summed E-state index contributed by atoms with van der Waals surface area (Å²) in [6, 6.07) is 4.72. The van der Waals surface area contributed by atoms with E-state index in [0.717, 1.165) is 25.9 Å². The van der Waals surface area contributed by atoms with Crippen LogP contribution in [0.1, 0.15) is 44.0 Å². The van der Waals surface area contributed by atoms with Gasteiger partial charge in [0.2, 0.25) is 0 Å². The molecular weight excluding hydrogens is 241 g/mol. The van der Waals surface area contributed by atoms with E-state index in [1.54, 1.807) is 12.1 Å². The number of benzene rings is 1. The van der Waals surface area contributed by atoms with Gasteiger partial charge in [-0.15, -0.1) is 0 Å². The van der Waals surface area contributed by atoms with Gasteiger partial charge in [0, 0.05) is 18.7 Å². The van der Waals surface area contributed by atoms with Crippen molar-refractivity contribution in [3.05, 3.63) is 29.6 Å². The molecule has 1 fully saturated rings. The van der Waals surface area contributed by atoms with Crippen molar-refractivity contribution in [2.45, 2.75) is 33.6 Å². The van der Waals surface area contributed by atoms with E-state index in [4.69, 9.17) is 0 Å². The molecule has 1 saturated heterocycles. The number of rotatable bonds is 2. The number of aldehydes is 1. The normalized spacial score (nSPS) is 17.6. The number of nitrogens with zero attached hydrogens (tertiary/aromatic N) is 1. The summed E-state index contributed by atoms with van der Waals surface area (Å²) in [6.07, 6.45) is 2.87. The van der Waals surface area contributed by atoms with Gasteiger partial charge in [0.25, 0.3) is 0 Å². The molecule has 0 bridgehead atoms. The minimum absolute atomic E-state index is 0.293. The summed E-state index contributed by atoms with van der Waals surface area (Å²) in [5.41, 5.74) is 1.34. The number of anilines is 1. The summed E-state index contributed by atoms with van der Waals surface area (Å²) in [7, 11) is 0. The third-order valence-electron chi connectivity index (χ3n) is 4.17. The Morgan fingerprint density at radius 1 is 1.26 bits per heavy atom. The Morgan fingerprint density at radius 2 is 1.89 bits per heavy atom. The lowest BCUT2D eigenvalue weighted by molar-refractivity contribution is 0.112. The molecule has 1 aliphatic rings. The van der Waals surface area contributed by atoms with Crippen LogP contribution < -0.4 is 4.90 Å². The van der Waals surface area contributed by atoms with Crippen LogP contribution in [0.5, 0.6) is 0 Å². The highest BCUT2D eigenvalue weighted by Gasteiger charge is 2.29. The molecule has 0 N–H and O–H groups in total. The molecule has 0 spiro atoms. The number of piperidine rings is 1. The Kier molecular flexibility index (Phi) is 3.93. The maximum absolute atomic E-state index is 14.0. The molecule has 2 nitrogen and oxygen atoms in total. The molecule has 104 valence electrons. The van der Waals surface area contributed by atoms with E-state index in [-0.39, 0.29) is 5.82 Å². The molecule has 0 saturated carbocycles. The molecule has 2 rings (SSSR count). The number of hydrogen-bond donors (Lipinski definition) is 0. The second-order valence-electron chi connectivity index (χ2n) is 6.46. The van der Waals surface area contributed by atoms with E-state index in [9.17, 15) is 9.18 Å². The molecule has 0 amide bonds. The summed E-state index contributed by atoms with van der Waals surface area (Å²) >= 11 is 0. The highest BCUT2D eigenvalue weighted by Crippen LogP contribution is 2.36. The Labute approximate surface area is 114 Å². The average Bonchev–Trinajstić information content (AvgIpc) is 2.37. The Hall–Kier alpha value is -1.38. The second kappa shape index (κ2) is 5.32. The van der Waals surface area contributed by atoms with E-state index < -0.39 is 0 Å². The van der Waals surface area contributed by atoms with Crippen molar-refractivity contribution in [1.29, 1.82) is 0 Å². The third kappa shape index (κ3) is 3.14. The topological polar surface area (TPSA) is 20.3 Å². The van der Waals surface area contributed by atoms with E-state index in [2.05, 4.69) is 25.7 Å². The number of carbonyl (C=O) groups is 1. The lowest BCUT2D eigenvalue weighted by Gasteiger charge is -2.39. The van der Waals surface area contributed by atoms with Crippen LogP contribution in [0.4, 0.5) is 10.1 Å². The predicted octanol–water partition coefficient (Wildman–Crippen LogP) is 3.90. The van der Waals surface area contributed by atoms with Crippen LogP contribution >= 0.6 is 0 Å². The van der Waals surface area contributed by atoms with Gasteiger partial charge in [0.15, 0.2) is 0 Å². The maximum atomic E-state index is 14.0. The van der Waals surface area contributed by atoms with Crippen molar-refractivity contribution in [2.24, 2.45) is 11.3 Å². The quantitative estimate of drug-likeness (QED) is 0.754. The van der Waals surface area contributed by atoms with Gasteiger partial charge in [0.1, 0.15) is 12.1 Å². The predicted molar refractivity (Wildman–Crippen MR) is 76.2 cm³/mol. The first-order chi connectivity index (χ1) is 8.91. The molecular formula is C16H22FNO. The first kappa shape index (κ1) is 14.0.